The van der Waals surface area contributed by atoms with E-state index in [1.54, 1.807) is 0 Å². The van der Waals surface area contributed by atoms with Crippen LogP contribution in [0.2, 0.25) is 0 Å². The summed E-state index contributed by atoms with van der Waals surface area (Å²) in [6.45, 7) is 5.66. The summed E-state index contributed by atoms with van der Waals surface area (Å²) in [5, 5.41) is 17.2. The summed E-state index contributed by atoms with van der Waals surface area (Å²) in [7, 11) is 0. The minimum Gasteiger partial charge on any atom is -0.511 e. The molecular formula is C10H14Br2O4Pd. The van der Waals surface area contributed by atoms with Gasteiger partial charge in [0.25, 0.3) is 0 Å². The number of halogens is 2. The first-order valence-corrected chi connectivity index (χ1v) is 5.82. The van der Waals surface area contributed by atoms with Crippen molar-refractivity contribution >= 4 is 43.4 Å². The second-order valence-corrected chi connectivity index (χ2v) is 4.50. The van der Waals surface area contributed by atoms with Crippen LogP contribution in [0, 0.1) is 0 Å². The summed E-state index contributed by atoms with van der Waals surface area (Å²) in [5.74, 6) is -0.273. The SMILES string of the molecule is CC(=O)/C(Br)=C(/C)O.CC(=O)/C(Br)=C(/C)O.[Pd]. The average molecular weight is 464 g/mol. The van der Waals surface area contributed by atoms with Crippen molar-refractivity contribution in [1.82, 2.24) is 0 Å². The third-order valence-electron chi connectivity index (χ3n) is 1.25. The molecule has 0 aromatic rings. The maximum Gasteiger partial charge on any atom is 0.170 e. The molecule has 4 nitrogen and oxygen atoms in total. The molecule has 2 N–H and O–H groups in total. The number of hydrogen-bond acceptors (Lipinski definition) is 4. The Morgan fingerprint density at radius 2 is 0.941 bits per heavy atom. The Kier molecular flexibility index (Phi) is 14.6. The van der Waals surface area contributed by atoms with E-state index in [9.17, 15) is 9.59 Å². The molecule has 0 bridgehead atoms. The number of carbonyl (C=O) groups excluding carboxylic acids is 2. The Morgan fingerprint density at radius 1 is 0.765 bits per heavy atom. The molecule has 0 amide bonds. The summed E-state index contributed by atoms with van der Waals surface area (Å²) < 4.78 is 0.495. The Bertz CT molecular complexity index is 306. The smallest absolute Gasteiger partial charge is 0.170 e. The van der Waals surface area contributed by atoms with Crippen LogP contribution in [-0.2, 0) is 30.0 Å². The number of aliphatic hydroxyl groups excluding tert-OH is 2. The van der Waals surface area contributed by atoms with Crippen LogP contribution in [0.1, 0.15) is 27.7 Å². The molecule has 0 aliphatic carbocycles. The van der Waals surface area contributed by atoms with Crippen LogP contribution in [0.15, 0.2) is 20.5 Å². The van der Waals surface area contributed by atoms with Gasteiger partial charge in [-0.3, -0.25) is 9.59 Å². The Hall–Kier alpha value is 0.0423. The van der Waals surface area contributed by atoms with Gasteiger partial charge in [-0.25, -0.2) is 0 Å². The van der Waals surface area contributed by atoms with E-state index in [0.717, 1.165) is 0 Å². The molecule has 0 aliphatic rings. The number of aliphatic hydroxyl groups is 2. The minimum atomic E-state index is -0.162. The van der Waals surface area contributed by atoms with Gasteiger partial charge < -0.3 is 10.2 Å². The second-order valence-electron chi connectivity index (χ2n) is 2.91. The van der Waals surface area contributed by atoms with Gasteiger partial charge in [0.2, 0.25) is 0 Å². The number of carbonyl (C=O) groups is 2. The van der Waals surface area contributed by atoms with Crippen molar-refractivity contribution in [3.8, 4) is 0 Å². The van der Waals surface area contributed by atoms with E-state index in [-0.39, 0.29) is 52.5 Å². The molecule has 0 aliphatic heterocycles. The van der Waals surface area contributed by atoms with Crippen molar-refractivity contribution in [3.63, 3.8) is 0 Å². The van der Waals surface area contributed by atoms with E-state index in [2.05, 4.69) is 31.9 Å². The van der Waals surface area contributed by atoms with Crippen LogP contribution < -0.4 is 0 Å². The number of Topliss-reactive ketones (excluding diaryl/α,β-unsaturated/α-hetero) is 2. The maximum atomic E-state index is 10.3. The van der Waals surface area contributed by atoms with E-state index in [0.29, 0.717) is 0 Å². The van der Waals surface area contributed by atoms with Crippen LogP contribution in [0.4, 0.5) is 0 Å². The molecule has 0 aromatic heterocycles. The predicted octanol–water partition coefficient (Wildman–Crippen LogP) is 3.52. The third-order valence-corrected chi connectivity index (χ3v) is 3.52. The summed E-state index contributed by atoms with van der Waals surface area (Å²) in [4.78, 5) is 20.6. The topological polar surface area (TPSA) is 74.6 Å². The molecule has 17 heavy (non-hydrogen) atoms. The first kappa shape index (κ1) is 22.2. The Balaban J connectivity index is -0.000000218. The second kappa shape index (κ2) is 11.2. The molecule has 0 spiro atoms. The summed E-state index contributed by atoms with van der Waals surface area (Å²) in [6.07, 6.45) is 0. The monoisotopic (exact) mass is 462 g/mol. The maximum absolute atomic E-state index is 10.3. The van der Waals surface area contributed by atoms with Gasteiger partial charge in [0.15, 0.2) is 11.6 Å². The van der Waals surface area contributed by atoms with Crippen molar-refractivity contribution in [2.24, 2.45) is 0 Å². The summed E-state index contributed by atoms with van der Waals surface area (Å²) in [5.41, 5.74) is 0. The van der Waals surface area contributed by atoms with E-state index < -0.39 is 0 Å². The van der Waals surface area contributed by atoms with Gasteiger partial charge in [0.05, 0.1) is 8.96 Å². The average Bonchev–Trinajstić information content (AvgIpc) is 2.15. The molecule has 102 valence electrons. The van der Waals surface area contributed by atoms with Crippen molar-refractivity contribution < 1.29 is 40.2 Å². The number of hydrogen-bond donors (Lipinski definition) is 2. The predicted molar refractivity (Wildman–Crippen MR) is 69.9 cm³/mol. The minimum absolute atomic E-state index is 0. The summed E-state index contributed by atoms with van der Waals surface area (Å²) in [6, 6.07) is 0. The number of allylic oxidation sites excluding steroid dienone is 4. The standard InChI is InChI=1S/2C5H7BrO2.Pd/c2*1-3(7)5(6)4(2)8;/h2*7H,1-2H3;/b2*5-3+;. The fraction of sp³-hybridized carbons (Fsp3) is 0.400. The Morgan fingerprint density at radius 3 is 0.941 bits per heavy atom. The van der Waals surface area contributed by atoms with Crippen LogP contribution in [0.25, 0.3) is 0 Å². The molecule has 0 heterocycles. The third kappa shape index (κ3) is 12.3. The van der Waals surface area contributed by atoms with Gasteiger partial charge in [-0.2, -0.15) is 0 Å². The fourth-order valence-corrected chi connectivity index (χ4v) is 0.510. The number of rotatable bonds is 2. The van der Waals surface area contributed by atoms with Gasteiger partial charge in [0, 0.05) is 20.4 Å². The zero-order valence-electron chi connectivity index (χ0n) is 9.78. The first-order chi connectivity index (χ1) is 7.11. The molecule has 7 heteroatoms. The summed E-state index contributed by atoms with van der Waals surface area (Å²) >= 11 is 5.77. The molecule has 0 radical (unpaired) electrons. The van der Waals surface area contributed by atoms with Gasteiger partial charge in [-0.15, -0.1) is 0 Å². The zero-order chi connectivity index (χ0) is 13.5. The van der Waals surface area contributed by atoms with Crippen molar-refractivity contribution in [3.05, 3.63) is 20.5 Å². The molecule has 0 saturated carbocycles. The number of ketones is 2. The van der Waals surface area contributed by atoms with E-state index in [1.807, 2.05) is 0 Å². The van der Waals surface area contributed by atoms with Gasteiger partial charge >= 0.3 is 0 Å². The van der Waals surface area contributed by atoms with Crippen molar-refractivity contribution in [2.75, 3.05) is 0 Å². The zero-order valence-corrected chi connectivity index (χ0v) is 14.5. The largest absolute Gasteiger partial charge is 0.511 e. The molecule has 0 fully saturated rings. The van der Waals surface area contributed by atoms with Crippen molar-refractivity contribution in [2.45, 2.75) is 27.7 Å². The first-order valence-electron chi connectivity index (χ1n) is 4.23. The molecule has 0 rings (SSSR count). The quantitative estimate of drug-likeness (QED) is 0.373. The molecular weight excluding hydrogens is 450 g/mol. The van der Waals surface area contributed by atoms with E-state index in [4.69, 9.17) is 10.2 Å². The molecule has 0 unspecified atom stereocenters. The van der Waals surface area contributed by atoms with E-state index in [1.165, 1.54) is 27.7 Å². The Labute approximate surface area is 131 Å². The molecule has 0 atom stereocenters. The van der Waals surface area contributed by atoms with Gasteiger partial charge in [-0.1, -0.05) is 0 Å². The molecule has 0 saturated heterocycles. The van der Waals surface area contributed by atoms with Gasteiger partial charge in [0.1, 0.15) is 11.5 Å². The van der Waals surface area contributed by atoms with Crippen LogP contribution >= 0.6 is 31.9 Å². The van der Waals surface area contributed by atoms with Gasteiger partial charge in [-0.05, 0) is 59.6 Å². The van der Waals surface area contributed by atoms with E-state index >= 15 is 0 Å². The van der Waals surface area contributed by atoms with Crippen molar-refractivity contribution in [1.29, 1.82) is 0 Å². The normalized spacial score (nSPS) is 12.1. The van der Waals surface area contributed by atoms with Crippen LogP contribution in [0.5, 0.6) is 0 Å². The fourth-order valence-electron chi connectivity index (χ4n) is 0.510. The molecule has 0 aromatic carbocycles. The van der Waals surface area contributed by atoms with Crippen LogP contribution in [0.3, 0.4) is 0 Å². The van der Waals surface area contributed by atoms with Crippen LogP contribution in [-0.4, -0.2) is 21.8 Å².